The number of benzene rings is 6. The second kappa shape index (κ2) is 9.58. The van der Waals surface area contributed by atoms with Crippen LogP contribution in [0.1, 0.15) is 5.56 Å². The molecule has 3 heteroatoms. The van der Waals surface area contributed by atoms with E-state index in [4.69, 9.17) is 4.98 Å². The van der Waals surface area contributed by atoms with E-state index in [1.54, 1.807) is 11.3 Å². The van der Waals surface area contributed by atoms with Crippen LogP contribution in [0.5, 0.6) is 0 Å². The summed E-state index contributed by atoms with van der Waals surface area (Å²) in [6.45, 7) is 2.19. The molecule has 0 aliphatic carbocycles. The molecule has 0 fully saturated rings. The molecule has 0 N–H and O–H groups in total. The molecule has 0 unspecified atom stereocenters. The highest BCUT2D eigenvalue weighted by atomic mass is 32.1. The fourth-order valence-corrected chi connectivity index (χ4v) is 6.98. The Labute approximate surface area is 242 Å². The molecule has 8 rings (SSSR count). The molecule has 8 aromatic rings. The summed E-state index contributed by atoms with van der Waals surface area (Å²) < 4.78 is 3.67. The van der Waals surface area contributed by atoms with Crippen molar-refractivity contribution in [2.24, 2.45) is 0 Å². The van der Waals surface area contributed by atoms with Gasteiger partial charge in [0.05, 0.1) is 16.7 Å². The average Bonchev–Trinajstić information content (AvgIpc) is 3.61. The molecule has 194 valence electrons. The van der Waals surface area contributed by atoms with E-state index in [1.807, 2.05) is 0 Å². The zero-order chi connectivity index (χ0) is 27.3. The minimum Gasteiger partial charge on any atom is -0.291 e. The molecule has 0 saturated heterocycles. The van der Waals surface area contributed by atoms with Crippen LogP contribution in [0.15, 0.2) is 139 Å². The van der Waals surface area contributed by atoms with Crippen LogP contribution in [0, 0.1) is 6.92 Å². The summed E-state index contributed by atoms with van der Waals surface area (Å²) in [6, 6.07) is 47.8. The molecule has 2 nitrogen and oxygen atoms in total. The third-order valence-corrected chi connectivity index (χ3v) is 8.84. The van der Waals surface area contributed by atoms with Crippen molar-refractivity contribution in [3.05, 3.63) is 144 Å². The van der Waals surface area contributed by atoms with Crippen molar-refractivity contribution in [1.82, 2.24) is 9.55 Å². The first-order valence-corrected chi connectivity index (χ1v) is 14.8. The van der Waals surface area contributed by atoms with E-state index < -0.39 is 0 Å². The third-order valence-electron chi connectivity index (χ3n) is 7.89. The summed E-state index contributed by atoms with van der Waals surface area (Å²) in [5.74, 6) is 0.964. The van der Waals surface area contributed by atoms with Crippen LogP contribution in [0.25, 0.3) is 71.2 Å². The quantitative estimate of drug-likeness (QED) is 0.216. The van der Waals surface area contributed by atoms with Gasteiger partial charge in [0.15, 0.2) is 0 Å². The molecule has 2 heterocycles. The van der Waals surface area contributed by atoms with Gasteiger partial charge in [0.25, 0.3) is 0 Å². The highest BCUT2D eigenvalue weighted by Gasteiger charge is 2.23. The van der Waals surface area contributed by atoms with Gasteiger partial charge in [-0.3, -0.25) is 4.57 Å². The van der Waals surface area contributed by atoms with E-state index in [-0.39, 0.29) is 0 Å². The Morgan fingerprint density at radius 1 is 0.585 bits per heavy atom. The van der Waals surface area contributed by atoms with Crippen LogP contribution >= 0.6 is 11.3 Å². The van der Waals surface area contributed by atoms with Gasteiger partial charge in [-0.25, -0.2) is 4.98 Å². The van der Waals surface area contributed by atoms with Crippen LogP contribution in [-0.4, -0.2) is 9.55 Å². The molecule has 0 bridgehead atoms. The van der Waals surface area contributed by atoms with Gasteiger partial charge in [-0.2, -0.15) is 0 Å². The van der Waals surface area contributed by atoms with E-state index in [1.165, 1.54) is 48.7 Å². The smallest absolute Gasteiger partial charge is 0.147 e. The summed E-state index contributed by atoms with van der Waals surface area (Å²) in [6.07, 6.45) is 0. The summed E-state index contributed by atoms with van der Waals surface area (Å²) in [4.78, 5) is 5.32. The Kier molecular flexibility index (Phi) is 5.58. The molecule has 41 heavy (non-hydrogen) atoms. The maximum absolute atomic E-state index is 5.32. The van der Waals surface area contributed by atoms with Gasteiger partial charge < -0.3 is 0 Å². The lowest BCUT2D eigenvalue weighted by Crippen LogP contribution is -2.03. The number of fused-ring (bicyclic) bond motifs is 3. The molecular formula is C38H26N2S. The first kappa shape index (κ1) is 23.9. The zero-order valence-corrected chi connectivity index (χ0v) is 23.4. The fourth-order valence-electron chi connectivity index (χ4n) is 6.01. The number of imidazole rings is 1. The Morgan fingerprint density at radius 3 is 1.85 bits per heavy atom. The molecule has 0 saturated carbocycles. The van der Waals surface area contributed by atoms with Gasteiger partial charge in [0, 0.05) is 32.2 Å². The molecule has 2 aromatic heterocycles. The number of thiophene rings is 1. The maximum Gasteiger partial charge on any atom is 0.147 e. The summed E-state index contributed by atoms with van der Waals surface area (Å²) in [7, 11) is 0. The van der Waals surface area contributed by atoms with Crippen molar-refractivity contribution in [2.75, 3.05) is 0 Å². The minimum atomic E-state index is 0.964. The first-order chi connectivity index (χ1) is 20.2. The number of aromatic nitrogens is 2. The Morgan fingerprint density at radius 2 is 1.17 bits per heavy atom. The van der Waals surface area contributed by atoms with E-state index in [0.29, 0.717) is 0 Å². The second-order valence-electron chi connectivity index (χ2n) is 10.5. The number of para-hydroxylation sites is 2. The number of hydrogen-bond acceptors (Lipinski definition) is 2. The van der Waals surface area contributed by atoms with Crippen LogP contribution in [0.3, 0.4) is 0 Å². The predicted molar refractivity (Wildman–Crippen MR) is 175 cm³/mol. The largest absolute Gasteiger partial charge is 0.291 e. The molecule has 0 spiro atoms. The Balaban J connectivity index is 1.52. The molecule has 0 aliphatic heterocycles. The van der Waals surface area contributed by atoms with E-state index in [0.717, 1.165) is 28.1 Å². The topological polar surface area (TPSA) is 17.8 Å². The molecule has 0 atom stereocenters. The fraction of sp³-hybridized carbons (Fsp3) is 0.0263. The van der Waals surface area contributed by atoms with Gasteiger partial charge in [0.2, 0.25) is 0 Å². The van der Waals surface area contributed by atoms with Gasteiger partial charge in [-0.05, 0) is 70.8 Å². The molecule has 0 aliphatic rings. The third kappa shape index (κ3) is 3.97. The SMILES string of the molecule is Cc1cc(-c2ccccc2)c(-n2c(-c3csc4cc5ccccc5cc34)nc3ccccc32)c(-c2ccccc2)c1. The van der Waals surface area contributed by atoms with Crippen LogP contribution in [0.4, 0.5) is 0 Å². The second-order valence-corrected chi connectivity index (χ2v) is 11.5. The summed E-state index contributed by atoms with van der Waals surface area (Å²) in [5.41, 5.74) is 10.4. The molecule has 0 amide bonds. The number of nitrogens with zero attached hydrogens (tertiary/aromatic N) is 2. The average molecular weight is 543 g/mol. The van der Waals surface area contributed by atoms with Gasteiger partial charge in [-0.15, -0.1) is 11.3 Å². The lowest BCUT2D eigenvalue weighted by atomic mass is 9.93. The lowest BCUT2D eigenvalue weighted by Gasteiger charge is -2.20. The molecule has 6 aromatic carbocycles. The Bertz CT molecular complexity index is 2140. The van der Waals surface area contributed by atoms with Crippen molar-refractivity contribution < 1.29 is 0 Å². The number of hydrogen-bond donors (Lipinski definition) is 0. The van der Waals surface area contributed by atoms with Crippen molar-refractivity contribution in [3.8, 4) is 39.3 Å². The Hall–Kier alpha value is -4.99. The monoisotopic (exact) mass is 542 g/mol. The first-order valence-electron chi connectivity index (χ1n) is 13.9. The number of aryl methyl sites for hydroxylation is 1. The standard InChI is InChI=1S/C38H26N2S/c1-25-20-30(26-12-4-2-5-13-26)37(31(21-25)27-14-6-3-7-15-27)40-35-19-11-10-18-34(35)39-38(40)33-24-41-36-23-29-17-9-8-16-28(29)22-32(33)36/h2-24H,1H3. The van der Waals surface area contributed by atoms with E-state index >= 15 is 0 Å². The summed E-state index contributed by atoms with van der Waals surface area (Å²) in [5, 5.41) is 6.02. The maximum atomic E-state index is 5.32. The molecular weight excluding hydrogens is 516 g/mol. The highest BCUT2D eigenvalue weighted by molar-refractivity contribution is 7.17. The van der Waals surface area contributed by atoms with Crippen LogP contribution < -0.4 is 0 Å². The van der Waals surface area contributed by atoms with Gasteiger partial charge in [-0.1, -0.05) is 97.1 Å². The van der Waals surface area contributed by atoms with Gasteiger partial charge >= 0.3 is 0 Å². The normalized spacial score (nSPS) is 11.5. The van der Waals surface area contributed by atoms with Crippen molar-refractivity contribution >= 4 is 43.2 Å². The minimum absolute atomic E-state index is 0.964. The zero-order valence-electron chi connectivity index (χ0n) is 22.6. The van der Waals surface area contributed by atoms with E-state index in [2.05, 4.69) is 150 Å². The van der Waals surface area contributed by atoms with Gasteiger partial charge in [0.1, 0.15) is 5.82 Å². The predicted octanol–water partition coefficient (Wildman–Crippen LogP) is 10.7. The number of rotatable bonds is 4. The lowest BCUT2D eigenvalue weighted by molar-refractivity contribution is 1.11. The van der Waals surface area contributed by atoms with Crippen molar-refractivity contribution in [2.45, 2.75) is 6.92 Å². The molecule has 0 radical (unpaired) electrons. The van der Waals surface area contributed by atoms with E-state index in [9.17, 15) is 0 Å². The van der Waals surface area contributed by atoms with Crippen molar-refractivity contribution in [1.29, 1.82) is 0 Å². The van der Waals surface area contributed by atoms with Crippen LogP contribution in [0.2, 0.25) is 0 Å². The van der Waals surface area contributed by atoms with Crippen molar-refractivity contribution in [3.63, 3.8) is 0 Å². The van der Waals surface area contributed by atoms with Crippen LogP contribution in [-0.2, 0) is 0 Å². The summed E-state index contributed by atoms with van der Waals surface area (Å²) >= 11 is 1.79. The highest BCUT2D eigenvalue weighted by Crippen LogP contribution is 2.43.